The molecule has 0 fully saturated rings. The van der Waals surface area contributed by atoms with Crippen LogP contribution in [0.2, 0.25) is 0 Å². The number of carbonyl (C=O) groups excluding carboxylic acids is 1. The van der Waals surface area contributed by atoms with Gasteiger partial charge in [-0.2, -0.15) is 5.10 Å². The molecule has 0 bridgehead atoms. The summed E-state index contributed by atoms with van der Waals surface area (Å²) in [5.74, 6) is 1.14. The molecule has 6 heteroatoms. The molecule has 36 heavy (non-hydrogen) atoms. The molecule has 6 nitrogen and oxygen atoms in total. The average molecular weight is 481 g/mol. The van der Waals surface area contributed by atoms with Crippen LogP contribution >= 0.6 is 0 Å². The van der Waals surface area contributed by atoms with Gasteiger partial charge in [0.2, 0.25) is 5.91 Å². The predicted octanol–water partition coefficient (Wildman–Crippen LogP) is 6.46. The molecule has 0 spiro atoms. The predicted molar refractivity (Wildman–Crippen MR) is 145 cm³/mol. The van der Waals surface area contributed by atoms with Crippen LogP contribution in [0.15, 0.2) is 66.7 Å². The van der Waals surface area contributed by atoms with Crippen LogP contribution in [0.3, 0.4) is 0 Å². The Morgan fingerprint density at radius 2 is 1.75 bits per heavy atom. The molecule has 1 aliphatic heterocycles. The van der Waals surface area contributed by atoms with Gasteiger partial charge in [-0.1, -0.05) is 56.3 Å². The van der Waals surface area contributed by atoms with Crippen LogP contribution < -0.4 is 15.0 Å². The Morgan fingerprint density at radius 3 is 2.44 bits per heavy atom. The normalized spacial score (nSPS) is 12.7. The van der Waals surface area contributed by atoms with Crippen molar-refractivity contribution < 1.29 is 9.53 Å². The summed E-state index contributed by atoms with van der Waals surface area (Å²) in [4.78, 5) is 13.9. The van der Waals surface area contributed by atoms with Crippen molar-refractivity contribution in [3.8, 4) is 22.7 Å². The first kappa shape index (κ1) is 23.7. The van der Waals surface area contributed by atoms with E-state index in [-0.39, 0.29) is 5.91 Å². The lowest BCUT2D eigenvalue weighted by molar-refractivity contribution is -0.114. The van der Waals surface area contributed by atoms with Gasteiger partial charge in [0.15, 0.2) is 0 Å². The monoisotopic (exact) mass is 480 g/mol. The highest BCUT2D eigenvalue weighted by atomic mass is 16.5. The van der Waals surface area contributed by atoms with Gasteiger partial charge in [0.05, 0.1) is 25.0 Å². The van der Waals surface area contributed by atoms with E-state index < -0.39 is 0 Å². The molecule has 1 N–H and O–H groups in total. The third kappa shape index (κ3) is 4.24. The number of fused-ring (bicyclic) bond motifs is 1. The van der Waals surface area contributed by atoms with Crippen molar-refractivity contribution in [3.63, 3.8) is 0 Å². The number of carbonyl (C=O) groups is 1. The van der Waals surface area contributed by atoms with Crippen molar-refractivity contribution in [1.29, 1.82) is 0 Å². The Morgan fingerprint density at radius 1 is 1.00 bits per heavy atom. The van der Waals surface area contributed by atoms with E-state index in [0.29, 0.717) is 5.92 Å². The highest BCUT2D eigenvalue weighted by molar-refractivity contribution is 5.89. The molecule has 0 radical (unpaired) electrons. The van der Waals surface area contributed by atoms with Gasteiger partial charge >= 0.3 is 0 Å². The molecule has 1 amide bonds. The summed E-state index contributed by atoms with van der Waals surface area (Å²) in [7, 11) is 1.70. The Balaban J connectivity index is 1.64. The van der Waals surface area contributed by atoms with Crippen molar-refractivity contribution >= 4 is 17.3 Å². The molecule has 0 aliphatic carbocycles. The van der Waals surface area contributed by atoms with E-state index in [9.17, 15) is 4.79 Å². The molecule has 1 aromatic heterocycles. The van der Waals surface area contributed by atoms with E-state index in [1.54, 1.807) is 7.11 Å². The second-order valence-electron chi connectivity index (χ2n) is 9.64. The molecular formula is C30H32N4O2. The van der Waals surface area contributed by atoms with E-state index in [2.05, 4.69) is 73.5 Å². The number of para-hydroxylation sites is 2. The average Bonchev–Trinajstić information content (AvgIpc) is 3.42. The van der Waals surface area contributed by atoms with Gasteiger partial charge in [-0.3, -0.25) is 4.79 Å². The van der Waals surface area contributed by atoms with Crippen LogP contribution in [0.25, 0.3) is 16.9 Å². The fraction of sp³-hybridized carbons (Fsp3) is 0.267. The summed E-state index contributed by atoms with van der Waals surface area (Å²) in [5, 5.41) is 8.01. The van der Waals surface area contributed by atoms with Crippen molar-refractivity contribution in [3.05, 3.63) is 89.1 Å². The Kier molecular flexibility index (Phi) is 6.27. The van der Waals surface area contributed by atoms with Crippen LogP contribution in [0.4, 0.5) is 11.4 Å². The van der Waals surface area contributed by atoms with E-state index in [0.717, 1.165) is 52.7 Å². The molecule has 184 valence electrons. The summed E-state index contributed by atoms with van der Waals surface area (Å²) in [6, 6.07) is 22.7. The summed E-state index contributed by atoms with van der Waals surface area (Å²) < 4.78 is 7.79. The first-order valence-electron chi connectivity index (χ1n) is 12.3. The summed E-state index contributed by atoms with van der Waals surface area (Å²) in [5.41, 5.74) is 9.80. The van der Waals surface area contributed by atoms with Gasteiger partial charge in [-0.25, -0.2) is 4.68 Å². The van der Waals surface area contributed by atoms with E-state index in [1.165, 1.54) is 23.7 Å². The second-order valence-corrected chi connectivity index (χ2v) is 9.64. The quantitative estimate of drug-likeness (QED) is 0.344. The number of amides is 1. The first-order chi connectivity index (χ1) is 17.4. The fourth-order valence-corrected chi connectivity index (χ4v) is 5.09. The fourth-order valence-electron chi connectivity index (χ4n) is 5.09. The lowest BCUT2D eigenvalue weighted by Crippen LogP contribution is -2.18. The Labute approximate surface area is 212 Å². The maximum Gasteiger partial charge on any atom is 0.221 e. The first-order valence-corrected chi connectivity index (χ1v) is 12.3. The highest BCUT2D eigenvalue weighted by Gasteiger charge is 2.31. The van der Waals surface area contributed by atoms with Crippen molar-refractivity contribution in [2.45, 2.75) is 46.7 Å². The zero-order valence-corrected chi connectivity index (χ0v) is 21.5. The molecule has 0 atom stereocenters. The summed E-state index contributed by atoms with van der Waals surface area (Å²) >= 11 is 0. The van der Waals surface area contributed by atoms with Gasteiger partial charge in [-0.15, -0.1) is 0 Å². The summed E-state index contributed by atoms with van der Waals surface area (Å²) in [6.45, 7) is 9.60. The van der Waals surface area contributed by atoms with Gasteiger partial charge in [0, 0.05) is 36.0 Å². The molecule has 1 aliphatic rings. The maximum absolute atomic E-state index is 11.5. The number of nitrogens with zero attached hydrogens (tertiary/aromatic N) is 3. The third-order valence-electron chi connectivity index (χ3n) is 6.77. The van der Waals surface area contributed by atoms with Gasteiger partial charge in [0.1, 0.15) is 11.4 Å². The number of aromatic nitrogens is 2. The molecular weight excluding hydrogens is 448 g/mol. The molecule has 0 saturated heterocycles. The van der Waals surface area contributed by atoms with Gasteiger partial charge in [-0.05, 0) is 48.2 Å². The van der Waals surface area contributed by atoms with Crippen LogP contribution in [-0.4, -0.2) is 22.8 Å². The van der Waals surface area contributed by atoms with Gasteiger partial charge in [0.25, 0.3) is 0 Å². The third-order valence-corrected chi connectivity index (χ3v) is 6.77. The summed E-state index contributed by atoms with van der Waals surface area (Å²) in [6.07, 6.45) is 0. The van der Waals surface area contributed by atoms with Gasteiger partial charge < -0.3 is 15.0 Å². The van der Waals surface area contributed by atoms with Crippen LogP contribution in [0, 0.1) is 6.92 Å². The topological polar surface area (TPSA) is 59.4 Å². The number of hydrogen-bond acceptors (Lipinski definition) is 4. The van der Waals surface area contributed by atoms with E-state index >= 15 is 0 Å². The maximum atomic E-state index is 11.5. The van der Waals surface area contributed by atoms with E-state index in [1.807, 2.05) is 28.9 Å². The van der Waals surface area contributed by atoms with Crippen LogP contribution in [-0.2, 0) is 17.9 Å². The largest absolute Gasteiger partial charge is 0.494 e. The molecule has 5 rings (SSSR count). The SMILES string of the molecule is COc1cccc(C)c1-n1nc2c(c1-c1ccc(NC(C)=O)cc1)CN(c1ccccc1C(C)C)C2. The molecule has 0 saturated carbocycles. The molecule has 2 heterocycles. The molecule has 3 aromatic carbocycles. The minimum absolute atomic E-state index is 0.0854. The number of anilines is 2. The van der Waals surface area contributed by atoms with Crippen molar-refractivity contribution in [2.24, 2.45) is 0 Å². The van der Waals surface area contributed by atoms with Crippen LogP contribution in [0.1, 0.15) is 49.1 Å². The number of rotatable bonds is 6. The second kappa shape index (κ2) is 9.53. The Bertz CT molecular complexity index is 1420. The van der Waals surface area contributed by atoms with Crippen molar-refractivity contribution in [2.75, 3.05) is 17.3 Å². The van der Waals surface area contributed by atoms with Crippen LogP contribution in [0.5, 0.6) is 5.75 Å². The zero-order valence-electron chi connectivity index (χ0n) is 21.5. The minimum atomic E-state index is -0.0854. The standard InChI is InChI=1S/C30H32N4O2/c1-19(2)24-10-6-7-11-27(24)33-17-25-26(18-33)32-34(29-20(3)9-8-12-28(29)36-5)30(25)22-13-15-23(16-14-22)31-21(4)35/h6-16,19H,17-18H2,1-5H3,(H,31,35). The zero-order chi connectivity index (χ0) is 25.4. The highest BCUT2D eigenvalue weighted by Crippen LogP contribution is 2.40. The lowest BCUT2D eigenvalue weighted by Gasteiger charge is -2.24. The van der Waals surface area contributed by atoms with E-state index in [4.69, 9.17) is 9.84 Å². The minimum Gasteiger partial charge on any atom is -0.494 e. The lowest BCUT2D eigenvalue weighted by atomic mass is 10.0. The number of nitrogens with one attached hydrogen (secondary N) is 1. The molecule has 0 unspecified atom stereocenters. The smallest absolute Gasteiger partial charge is 0.221 e. The number of ether oxygens (including phenoxy) is 1. The number of methoxy groups -OCH3 is 1. The molecule has 4 aromatic rings. The number of aryl methyl sites for hydroxylation is 1. The van der Waals surface area contributed by atoms with Crippen molar-refractivity contribution in [1.82, 2.24) is 9.78 Å². The Hall–Kier alpha value is -4.06. The number of benzene rings is 3. The number of hydrogen-bond donors (Lipinski definition) is 1.